The number of ether oxygens (including phenoxy) is 3. The van der Waals surface area contributed by atoms with Gasteiger partial charge in [-0.15, -0.1) is 0 Å². The van der Waals surface area contributed by atoms with Gasteiger partial charge in [0.1, 0.15) is 34.5 Å². The predicted molar refractivity (Wildman–Crippen MR) is 121 cm³/mol. The zero-order chi connectivity index (χ0) is 24.2. The molecule has 9 nitrogen and oxygen atoms in total. The van der Waals surface area contributed by atoms with Crippen LogP contribution in [0.1, 0.15) is 34.3 Å². The summed E-state index contributed by atoms with van der Waals surface area (Å²) in [6.07, 6.45) is 0. The van der Waals surface area contributed by atoms with Crippen molar-refractivity contribution in [2.45, 2.75) is 12.8 Å². The summed E-state index contributed by atoms with van der Waals surface area (Å²) in [6.45, 7) is 2.30. The minimum atomic E-state index is -0.887. The number of hydrogen-bond acceptors (Lipinski definition) is 8. The van der Waals surface area contributed by atoms with Crippen LogP contribution in [-0.4, -0.2) is 17.5 Å². The molecular weight excluding hydrogens is 438 g/mol. The predicted octanol–water partition coefficient (Wildman–Crippen LogP) is 4.43. The molecule has 1 unspecified atom stereocenters. The molecule has 0 bridgehead atoms. The Morgan fingerprint density at radius 3 is 2.62 bits per heavy atom. The van der Waals surface area contributed by atoms with Crippen molar-refractivity contribution in [1.82, 2.24) is 0 Å². The third kappa shape index (κ3) is 4.12. The lowest BCUT2D eigenvalue weighted by molar-refractivity contribution is -0.385. The molecule has 0 radical (unpaired) electrons. The first-order valence-corrected chi connectivity index (χ1v) is 10.3. The van der Waals surface area contributed by atoms with Crippen LogP contribution in [-0.2, 0) is 0 Å². The van der Waals surface area contributed by atoms with Crippen LogP contribution >= 0.6 is 0 Å². The highest BCUT2D eigenvalue weighted by molar-refractivity contribution is 5.95. The Balaban J connectivity index is 1.72. The Kier molecular flexibility index (Phi) is 6.14. The number of nitrogens with two attached hydrogens (primary N) is 1. The molecule has 1 heterocycles. The van der Waals surface area contributed by atoms with Crippen LogP contribution in [0.15, 0.2) is 78.2 Å². The fourth-order valence-electron chi connectivity index (χ4n) is 3.79. The van der Waals surface area contributed by atoms with Crippen molar-refractivity contribution in [1.29, 1.82) is 5.26 Å². The van der Waals surface area contributed by atoms with Crippen molar-refractivity contribution in [2.75, 3.05) is 6.61 Å². The summed E-state index contributed by atoms with van der Waals surface area (Å²) in [6, 6.07) is 19.6. The third-order valence-electron chi connectivity index (χ3n) is 5.25. The smallest absolute Gasteiger partial charge is 0.350 e. The molecule has 3 aromatic carbocycles. The summed E-state index contributed by atoms with van der Waals surface area (Å²) in [7, 11) is 0. The lowest BCUT2D eigenvalue weighted by Crippen LogP contribution is -2.21. The van der Waals surface area contributed by atoms with Crippen molar-refractivity contribution in [3.05, 3.63) is 105 Å². The Morgan fingerprint density at radius 1 is 1.15 bits per heavy atom. The number of carbonyl (C=O) groups is 1. The summed E-state index contributed by atoms with van der Waals surface area (Å²) in [5.74, 6) is -0.518. The number of nitro benzene ring substituents is 1. The van der Waals surface area contributed by atoms with Gasteiger partial charge in [-0.3, -0.25) is 10.1 Å². The highest BCUT2D eigenvalue weighted by atomic mass is 16.6. The van der Waals surface area contributed by atoms with E-state index in [-0.39, 0.29) is 28.5 Å². The van der Waals surface area contributed by atoms with Crippen LogP contribution in [0.2, 0.25) is 0 Å². The number of esters is 1. The second kappa shape index (κ2) is 9.34. The number of nitro groups is 1. The number of rotatable bonds is 6. The van der Waals surface area contributed by atoms with Gasteiger partial charge in [0, 0.05) is 23.3 Å². The fourth-order valence-corrected chi connectivity index (χ4v) is 3.79. The van der Waals surface area contributed by atoms with Crippen molar-refractivity contribution < 1.29 is 23.9 Å². The van der Waals surface area contributed by atoms with Crippen molar-refractivity contribution in [3.63, 3.8) is 0 Å². The summed E-state index contributed by atoms with van der Waals surface area (Å²) < 4.78 is 16.8. The van der Waals surface area contributed by atoms with E-state index in [1.807, 2.05) is 31.2 Å². The average molecular weight is 457 g/mol. The van der Waals surface area contributed by atoms with E-state index in [4.69, 9.17) is 19.9 Å². The highest BCUT2D eigenvalue weighted by Crippen LogP contribution is 2.45. The van der Waals surface area contributed by atoms with Crippen LogP contribution in [0.3, 0.4) is 0 Å². The van der Waals surface area contributed by atoms with Gasteiger partial charge in [-0.05, 0) is 25.1 Å². The highest BCUT2D eigenvalue weighted by Gasteiger charge is 2.33. The van der Waals surface area contributed by atoms with Gasteiger partial charge < -0.3 is 19.9 Å². The molecule has 1 aliphatic heterocycles. The van der Waals surface area contributed by atoms with Gasteiger partial charge in [0.2, 0.25) is 5.88 Å². The van der Waals surface area contributed by atoms with E-state index >= 15 is 0 Å². The molecule has 9 heteroatoms. The van der Waals surface area contributed by atoms with Gasteiger partial charge in [0.15, 0.2) is 0 Å². The van der Waals surface area contributed by atoms with Gasteiger partial charge in [-0.2, -0.15) is 5.26 Å². The van der Waals surface area contributed by atoms with Gasteiger partial charge in [0.05, 0.1) is 17.4 Å². The van der Waals surface area contributed by atoms with Crippen LogP contribution in [0.5, 0.6) is 17.2 Å². The molecule has 1 aliphatic rings. The molecular formula is C25H19N3O6. The molecule has 0 fully saturated rings. The SMILES string of the molecule is CCOc1ccccc1C1C(C#N)=C(N)Oc2cc(OC(=O)c3ccccc3[N+](=O)[O-])ccc21. The summed E-state index contributed by atoms with van der Waals surface area (Å²) in [5.41, 5.74) is 7.11. The molecule has 0 saturated carbocycles. The molecule has 0 aliphatic carbocycles. The molecule has 170 valence electrons. The first-order valence-electron chi connectivity index (χ1n) is 10.3. The zero-order valence-electron chi connectivity index (χ0n) is 18.1. The molecule has 4 rings (SSSR count). The molecule has 3 aromatic rings. The minimum absolute atomic E-state index is 0.0755. The normalized spacial score (nSPS) is 14.4. The average Bonchev–Trinajstić information content (AvgIpc) is 2.83. The quantitative estimate of drug-likeness (QED) is 0.248. The Hall–Kier alpha value is -4.84. The second-order valence-electron chi connectivity index (χ2n) is 7.26. The topological polar surface area (TPSA) is 138 Å². The third-order valence-corrected chi connectivity index (χ3v) is 5.25. The summed E-state index contributed by atoms with van der Waals surface area (Å²) in [5, 5.41) is 21.0. The Morgan fingerprint density at radius 2 is 1.88 bits per heavy atom. The van der Waals surface area contributed by atoms with E-state index in [2.05, 4.69) is 6.07 Å². The van der Waals surface area contributed by atoms with Crippen LogP contribution in [0, 0.1) is 21.4 Å². The number of para-hydroxylation sites is 2. The first-order chi connectivity index (χ1) is 16.4. The lowest BCUT2D eigenvalue weighted by atomic mass is 9.83. The zero-order valence-corrected chi connectivity index (χ0v) is 18.1. The summed E-state index contributed by atoms with van der Waals surface area (Å²) >= 11 is 0. The molecule has 0 spiro atoms. The maximum atomic E-state index is 12.6. The summed E-state index contributed by atoms with van der Waals surface area (Å²) in [4.78, 5) is 23.2. The van der Waals surface area contributed by atoms with Crippen LogP contribution in [0.25, 0.3) is 0 Å². The van der Waals surface area contributed by atoms with Crippen molar-refractivity contribution in [2.24, 2.45) is 5.73 Å². The molecule has 1 atom stereocenters. The van der Waals surface area contributed by atoms with Crippen LogP contribution < -0.4 is 19.9 Å². The second-order valence-corrected chi connectivity index (χ2v) is 7.26. The Bertz CT molecular complexity index is 1360. The fraction of sp³-hybridized carbons (Fsp3) is 0.120. The lowest BCUT2D eigenvalue weighted by Gasteiger charge is -2.27. The van der Waals surface area contributed by atoms with Gasteiger partial charge in [0.25, 0.3) is 5.69 Å². The van der Waals surface area contributed by atoms with E-state index in [1.165, 1.54) is 36.4 Å². The van der Waals surface area contributed by atoms with E-state index in [9.17, 15) is 20.2 Å². The molecule has 34 heavy (non-hydrogen) atoms. The maximum absolute atomic E-state index is 12.6. The molecule has 2 N–H and O–H groups in total. The van der Waals surface area contributed by atoms with Gasteiger partial charge in [-0.25, -0.2) is 4.79 Å². The number of nitriles is 1. The molecule has 0 aromatic heterocycles. The van der Waals surface area contributed by atoms with E-state index in [0.29, 0.717) is 23.7 Å². The largest absolute Gasteiger partial charge is 0.494 e. The van der Waals surface area contributed by atoms with E-state index in [0.717, 1.165) is 5.56 Å². The van der Waals surface area contributed by atoms with Crippen molar-refractivity contribution >= 4 is 11.7 Å². The van der Waals surface area contributed by atoms with Crippen molar-refractivity contribution in [3.8, 4) is 23.3 Å². The number of hydrogen-bond donors (Lipinski definition) is 1. The minimum Gasteiger partial charge on any atom is -0.494 e. The maximum Gasteiger partial charge on any atom is 0.350 e. The number of carbonyl (C=O) groups excluding carboxylic acids is 1. The first kappa shape index (κ1) is 22.4. The monoisotopic (exact) mass is 457 g/mol. The standard InChI is InChI=1S/C25H19N3O6/c1-2-32-21-10-6-4-8-17(21)23-18-12-11-15(13-22(18)34-24(27)19(23)14-26)33-25(29)16-7-3-5-9-20(16)28(30)31/h3-13,23H,2,27H2,1H3. The number of benzene rings is 3. The molecule has 0 saturated heterocycles. The van der Waals surface area contributed by atoms with E-state index < -0.39 is 16.8 Å². The number of fused-ring (bicyclic) bond motifs is 1. The Labute approximate surface area is 194 Å². The molecule has 0 amide bonds. The van der Waals surface area contributed by atoms with Crippen LogP contribution in [0.4, 0.5) is 5.69 Å². The van der Waals surface area contributed by atoms with Gasteiger partial charge in [-0.1, -0.05) is 36.4 Å². The number of allylic oxidation sites excluding steroid dienone is 1. The van der Waals surface area contributed by atoms with E-state index in [1.54, 1.807) is 6.07 Å². The van der Waals surface area contributed by atoms with Gasteiger partial charge >= 0.3 is 5.97 Å². The number of nitrogens with zero attached hydrogens (tertiary/aromatic N) is 2.